The van der Waals surface area contributed by atoms with Crippen LogP contribution in [0.3, 0.4) is 0 Å². The predicted molar refractivity (Wildman–Crippen MR) is 206 cm³/mol. The first-order chi connectivity index (χ1) is 24.8. The Hall–Kier alpha value is -6.65. The third kappa shape index (κ3) is 5.53. The molecule has 0 radical (unpaired) electrons. The highest BCUT2D eigenvalue weighted by atomic mass is 15.1. The third-order valence-corrected chi connectivity index (χ3v) is 9.41. The van der Waals surface area contributed by atoms with E-state index in [2.05, 4.69) is 144 Å². The quantitative estimate of drug-likeness (QED) is 0.126. The molecule has 4 heteroatoms. The number of hydrogen-bond acceptors (Lipinski definition) is 3. The Bertz CT molecular complexity index is 2590. The van der Waals surface area contributed by atoms with Gasteiger partial charge in [-0.3, -0.25) is 4.40 Å². The van der Waals surface area contributed by atoms with E-state index in [0.29, 0.717) is 0 Å². The molecular weight excluding hydrogens is 609 g/mol. The summed E-state index contributed by atoms with van der Waals surface area (Å²) >= 11 is 0. The molecular formula is C46H32N4. The maximum absolute atomic E-state index is 5.04. The second-order valence-electron chi connectivity index (χ2n) is 12.5. The lowest BCUT2D eigenvalue weighted by molar-refractivity contribution is 0.809. The van der Waals surface area contributed by atoms with E-state index >= 15 is 0 Å². The second-order valence-corrected chi connectivity index (χ2v) is 12.5. The number of nitrogens with zero attached hydrogens (tertiary/aromatic N) is 4. The minimum atomic E-state index is -0.164. The molecule has 0 spiro atoms. The molecule has 0 amide bonds. The molecule has 0 N–H and O–H groups in total. The van der Waals surface area contributed by atoms with Gasteiger partial charge < -0.3 is 0 Å². The molecule has 0 bridgehead atoms. The van der Waals surface area contributed by atoms with Gasteiger partial charge in [0.15, 0.2) is 0 Å². The first-order valence-corrected chi connectivity index (χ1v) is 16.9. The fourth-order valence-electron chi connectivity index (χ4n) is 6.91. The monoisotopic (exact) mass is 640 g/mol. The number of imidazole rings is 1. The molecule has 0 saturated heterocycles. The van der Waals surface area contributed by atoms with E-state index in [0.717, 1.165) is 50.4 Å². The lowest BCUT2D eigenvalue weighted by atomic mass is 9.96. The lowest BCUT2D eigenvalue weighted by Crippen LogP contribution is -1.96. The van der Waals surface area contributed by atoms with E-state index in [1.54, 1.807) is 0 Å². The number of fused-ring (bicyclic) bond motifs is 4. The molecule has 0 atom stereocenters. The average molecular weight is 641 g/mol. The number of hydrogen-bond donors (Lipinski definition) is 0. The van der Waals surface area contributed by atoms with Crippen molar-refractivity contribution in [2.45, 2.75) is 6.04 Å². The van der Waals surface area contributed by atoms with Gasteiger partial charge in [0.2, 0.25) is 0 Å². The topological polar surface area (TPSA) is 42.0 Å². The Labute approximate surface area is 290 Å². The Kier molecular flexibility index (Phi) is 7.52. The lowest BCUT2D eigenvalue weighted by Gasteiger charge is -2.12. The Morgan fingerprint density at radius 2 is 1.04 bits per heavy atom. The van der Waals surface area contributed by atoms with Crippen molar-refractivity contribution in [2.24, 2.45) is 10.2 Å². The van der Waals surface area contributed by atoms with Gasteiger partial charge in [0, 0.05) is 17.3 Å². The van der Waals surface area contributed by atoms with Crippen LogP contribution in [0.5, 0.6) is 0 Å². The fraction of sp³-hybridized carbons (Fsp3) is 0.0217. The molecule has 4 nitrogen and oxygen atoms in total. The van der Waals surface area contributed by atoms with Gasteiger partial charge in [-0.2, -0.15) is 10.2 Å². The Balaban J connectivity index is 1.01. The van der Waals surface area contributed by atoms with Crippen molar-refractivity contribution < 1.29 is 0 Å². The third-order valence-electron chi connectivity index (χ3n) is 9.41. The van der Waals surface area contributed by atoms with Crippen LogP contribution >= 0.6 is 0 Å². The number of rotatable bonds is 7. The highest BCUT2D eigenvalue weighted by Crippen LogP contribution is 2.36. The zero-order valence-corrected chi connectivity index (χ0v) is 27.3. The molecule has 0 aliphatic heterocycles. The van der Waals surface area contributed by atoms with Gasteiger partial charge in [0.05, 0.1) is 17.1 Å². The summed E-state index contributed by atoms with van der Waals surface area (Å²) in [4.78, 5) is 5.04. The maximum atomic E-state index is 5.04. The van der Waals surface area contributed by atoms with Crippen LogP contribution in [0, 0.1) is 0 Å². The van der Waals surface area contributed by atoms with E-state index in [-0.39, 0.29) is 6.04 Å². The molecule has 2 heterocycles. The first kappa shape index (κ1) is 29.5. The van der Waals surface area contributed by atoms with E-state index in [4.69, 9.17) is 15.2 Å². The van der Waals surface area contributed by atoms with Gasteiger partial charge >= 0.3 is 0 Å². The van der Waals surface area contributed by atoms with Gasteiger partial charge in [-0.15, -0.1) is 0 Å². The van der Waals surface area contributed by atoms with Crippen LogP contribution in [0.25, 0.3) is 60.8 Å². The van der Waals surface area contributed by atoms with Crippen LogP contribution in [0.4, 0.5) is 5.69 Å². The van der Waals surface area contributed by atoms with Crippen molar-refractivity contribution in [2.75, 3.05) is 0 Å². The summed E-state index contributed by atoms with van der Waals surface area (Å²) in [5.41, 5.74) is 10.7. The standard InChI is InChI=1S/C46H32N4/c1-4-12-33(13-5-1)44(34-14-6-2-7-15-34)49-48-40-26-28-42-39(31-40)24-23-38-30-37(25-27-41(38)42)32-19-21-35(22-20-32)45-46(36-16-8-3-9-17-36)50-29-11-10-18-43(50)47-45/h1-31,44H. The fourth-order valence-corrected chi connectivity index (χ4v) is 6.91. The number of azo groups is 1. The molecule has 0 unspecified atom stereocenters. The van der Waals surface area contributed by atoms with Crippen molar-refractivity contribution in [3.8, 4) is 33.6 Å². The molecule has 0 fully saturated rings. The average Bonchev–Trinajstić information content (AvgIpc) is 3.59. The molecule has 0 aliphatic carbocycles. The minimum Gasteiger partial charge on any atom is -0.299 e. The zero-order chi connectivity index (χ0) is 33.3. The summed E-state index contributed by atoms with van der Waals surface area (Å²) in [5, 5.41) is 14.3. The smallest absolute Gasteiger partial charge is 0.137 e. The molecule has 9 aromatic rings. The molecule has 0 aliphatic rings. The summed E-state index contributed by atoms with van der Waals surface area (Å²) in [5.74, 6) is 0. The Morgan fingerprint density at radius 1 is 0.460 bits per heavy atom. The molecule has 0 saturated carbocycles. The van der Waals surface area contributed by atoms with Crippen LogP contribution < -0.4 is 0 Å². The van der Waals surface area contributed by atoms with Gasteiger partial charge in [0.25, 0.3) is 0 Å². The second kappa shape index (κ2) is 12.8. The van der Waals surface area contributed by atoms with Gasteiger partial charge in [-0.25, -0.2) is 4.98 Å². The van der Waals surface area contributed by atoms with E-state index in [1.165, 1.54) is 27.3 Å². The van der Waals surface area contributed by atoms with Crippen molar-refractivity contribution >= 4 is 32.9 Å². The van der Waals surface area contributed by atoms with E-state index < -0.39 is 0 Å². The number of aromatic nitrogens is 2. The summed E-state index contributed by atoms with van der Waals surface area (Å²) in [6.07, 6.45) is 2.08. The van der Waals surface area contributed by atoms with Gasteiger partial charge in [-0.05, 0) is 74.1 Å². The maximum Gasteiger partial charge on any atom is 0.137 e. The van der Waals surface area contributed by atoms with Crippen LogP contribution in [0.15, 0.2) is 198 Å². The predicted octanol–water partition coefficient (Wildman–Crippen LogP) is 12.5. The van der Waals surface area contributed by atoms with Crippen LogP contribution in [0.2, 0.25) is 0 Å². The molecule has 9 rings (SSSR count). The van der Waals surface area contributed by atoms with Crippen molar-refractivity contribution in [1.82, 2.24) is 9.38 Å². The number of benzene rings is 7. The van der Waals surface area contributed by atoms with Gasteiger partial charge in [-0.1, -0.05) is 152 Å². The Morgan fingerprint density at radius 3 is 1.74 bits per heavy atom. The largest absolute Gasteiger partial charge is 0.299 e. The molecule has 50 heavy (non-hydrogen) atoms. The highest BCUT2D eigenvalue weighted by Gasteiger charge is 2.16. The minimum absolute atomic E-state index is 0.164. The van der Waals surface area contributed by atoms with Gasteiger partial charge in [0.1, 0.15) is 11.7 Å². The summed E-state index contributed by atoms with van der Waals surface area (Å²) in [7, 11) is 0. The van der Waals surface area contributed by atoms with Crippen molar-refractivity contribution in [3.63, 3.8) is 0 Å². The molecule has 2 aromatic heterocycles. The van der Waals surface area contributed by atoms with E-state index in [1.807, 2.05) is 48.5 Å². The van der Waals surface area contributed by atoms with Crippen molar-refractivity contribution in [1.29, 1.82) is 0 Å². The van der Waals surface area contributed by atoms with Crippen LogP contribution in [-0.4, -0.2) is 9.38 Å². The summed E-state index contributed by atoms with van der Waals surface area (Å²) in [6.45, 7) is 0. The SMILES string of the molecule is c1ccc(-c2c(-c3ccc(-c4ccc5c(ccc6cc(N=NC(c7ccccc7)c7ccccc7)ccc65)c4)cc3)nc3ccccn23)cc1. The van der Waals surface area contributed by atoms with Crippen LogP contribution in [-0.2, 0) is 0 Å². The first-order valence-electron chi connectivity index (χ1n) is 16.9. The molecule has 236 valence electrons. The number of pyridine rings is 1. The van der Waals surface area contributed by atoms with Crippen molar-refractivity contribution in [3.05, 3.63) is 199 Å². The van der Waals surface area contributed by atoms with E-state index in [9.17, 15) is 0 Å². The summed E-state index contributed by atoms with van der Waals surface area (Å²) < 4.78 is 2.17. The molecule has 7 aromatic carbocycles. The van der Waals surface area contributed by atoms with Crippen LogP contribution in [0.1, 0.15) is 17.2 Å². The summed E-state index contributed by atoms with van der Waals surface area (Å²) in [6, 6.07) is 63.4. The zero-order valence-electron chi connectivity index (χ0n) is 27.3. The normalized spacial score (nSPS) is 11.7. The highest BCUT2D eigenvalue weighted by molar-refractivity contribution is 6.09.